The molecular formula is C14H19BO5S. The van der Waals surface area contributed by atoms with Crippen molar-refractivity contribution in [3.8, 4) is 5.75 Å². The average Bonchev–Trinajstić information content (AvgIpc) is 3.29. The SMILES string of the molecule is CS(=O)(=O)c1ccc(OCC2CC2)c(B2OCCCO2)c1. The van der Waals surface area contributed by atoms with Crippen LogP contribution in [0.5, 0.6) is 5.75 Å². The van der Waals surface area contributed by atoms with E-state index in [1.165, 1.54) is 19.1 Å². The van der Waals surface area contributed by atoms with Crippen molar-refractivity contribution in [1.82, 2.24) is 0 Å². The smallest absolute Gasteiger partial charge is 0.494 e. The monoisotopic (exact) mass is 310 g/mol. The van der Waals surface area contributed by atoms with E-state index in [9.17, 15) is 8.42 Å². The van der Waals surface area contributed by atoms with Gasteiger partial charge in [-0.05, 0) is 43.4 Å². The fourth-order valence-electron chi connectivity index (χ4n) is 2.23. The first-order chi connectivity index (χ1) is 10.0. The highest BCUT2D eigenvalue weighted by Gasteiger charge is 2.30. The van der Waals surface area contributed by atoms with Crippen molar-refractivity contribution in [1.29, 1.82) is 0 Å². The van der Waals surface area contributed by atoms with E-state index in [0.717, 1.165) is 6.42 Å². The molecule has 1 aliphatic heterocycles. The summed E-state index contributed by atoms with van der Waals surface area (Å²) in [5.74, 6) is 1.28. The third-order valence-corrected chi connectivity index (χ3v) is 4.77. The van der Waals surface area contributed by atoms with Gasteiger partial charge in [-0.2, -0.15) is 0 Å². The molecule has 114 valence electrons. The van der Waals surface area contributed by atoms with Crippen LogP contribution in [0.15, 0.2) is 23.1 Å². The van der Waals surface area contributed by atoms with Crippen molar-refractivity contribution in [2.45, 2.75) is 24.2 Å². The lowest BCUT2D eigenvalue weighted by Gasteiger charge is -2.22. The van der Waals surface area contributed by atoms with Crippen LogP contribution in [0.2, 0.25) is 0 Å². The molecular weight excluding hydrogens is 291 g/mol. The largest absolute Gasteiger partial charge is 0.497 e. The minimum atomic E-state index is -3.27. The molecule has 2 aliphatic rings. The van der Waals surface area contributed by atoms with Crippen LogP contribution in [0.1, 0.15) is 19.3 Å². The summed E-state index contributed by atoms with van der Waals surface area (Å²) in [5, 5.41) is 0. The second-order valence-corrected chi connectivity index (χ2v) is 7.67. The molecule has 5 nitrogen and oxygen atoms in total. The highest BCUT2D eigenvalue weighted by Crippen LogP contribution is 2.29. The highest BCUT2D eigenvalue weighted by atomic mass is 32.2. The second kappa shape index (κ2) is 5.98. The number of ether oxygens (including phenoxy) is 1. The number of hydrogen-bond acceptors (Lipinski definition) is 5. The van der Waals surface area contributed by atoms with Crippen molar-refractivity contribution in [2.75, 3.05) is 26.1 Å². The van der Waals surface area contributed by atoms with E-state index < -0.39 is 17.0 Å². The molecule has 0 bridgehead atoms. The molecule has 2 fully saturated rings. The van der Waals surface area contributed by atoms with Gasteiger partial charge in [0.2, 0.25) is 0 Å². The minimum absolute atomic E-state index is 0.258. The summed E-state index contributed by atoms with van der Waals surface area (Å²) in [6.07, 6.45) is 4.44. The molecule has 0 spiro atoms. The molecule has 1 aliphatic carbocycles. The normalized spacial score (nSPS) is 19.6. The lowest BCUT2D eigenvalue weighted by molar-refractivity contribution is 0.142. The number of sulfone groups is 1. The zero-order valence-corrected chi connectivity index (χ0v) is 12.9. The van der Waals surface area contributed by atoms with Gasteiger partial charge in [0.1, 0.15) is 5.75 Å². The van der Waals surface area contributed by atoms with E-state index in [1.807, 2.05) is 0 Å². The number of benzene rings is 1. The molecule has 21 heavy (non-hydrogen) atoms. The zero-order chi connectivity index (χ0) is 14.9. The Morgan fingerprint density at radius 1 is 1.29 bits per heavy atom. The third kappa shape index (κ3) is 3.78. The van der Waals surface area contributed by atoms with Crippen LogP contribution in [0, 0.1) is 5.92 Å². The molecule has 0 amide bonds. The van der Waals surface area contributed by atoms with Crippen molar-refractivity contribution >= 4 is 22.4 Å². The van der Waals surface area contributed by atoms with Gasteiger partial charge in [0.25, 0.3) is 0 Å². The van der Waals surface area contributed by atoms with Crippen molar-refractivity contribution in [2.24, 2.45) is 5.92 Å². The van der Waals surface area contributed by atoms with Crippen molar-refractivity contribution in [3.05, 3.63) is 18.2 Å². The minimum Gasteiger partial charge on any atom is -0.494 e. The van der Waals surface area contributed by atoms with E-state index in [-0.39, 0.29) is 4.90 Å². The Labute approximate surface area is 125 Å². The van der Waals surface area contributed by atoms with E-state index in [2.05, 4.69) is 0 Å². The number of rotatable bonds is 5. The van der Waals surface area contributed by atoms with E-state index in [1.54, 1.807) is 18.2 Å². The summed E-state index contributed by atoms with van der Waals surface area (Å²) in [6, 6.07) is 4.88. The molecule has 7 heteroatoms. The summed E-state index contributed by atoms with van der Waals surface area (Å²) in [7, 11) is -3.81. The summed E-state index contributed by atoms with van der Waals surface area (Å²) in [4.78, 5) is 0.258. The fourth-order valence-corrected chi connectivity index (χ4v) is 2.89. The van der Waals surface area contributed by atoms with Gasteiger partial charge in [-0.15, -0.1) is 0 Å². The maximum atomic E-state index is 11.7. The molecule has 3 rings (SSSR count). The van der Waals surface area contributed by atoms with Crippen molar-refractivity contribution < 1.29 is 22.5 Å². The molecule has 1 saturated heterocycles. The Morgan fingerprint density at radius 2 is 2.00 bits per heavy atom. The Kier molecular flexibility index (Phi) is 4.24. The van der Waals surface area contributed by atoms with E-state index in [0.29, 0.717) is 37.0 Å². The molecule has 0 unspecified atom stereocenters. The van der Waals surface area contributed by atoms with Crippen LogP contribution >= 0.6 is 0 Å². The Bertz CT molecular complexity index is 606. The molecule has 0 radical (unpaired) electrons. The predicted octanol–water partition coefficient (Wildman–Crippen LogP) is 1.01. The van der Waals surface area contributed by atoms with Crippen LogP contribution in [-0.4, -0.2) is 41.6 Å². The molecule has 1 aromatic rings. The number of hydrogen-bond donors (Lipinski definition) is 0. The zero-order valence-electron chi connectivity index (χ0n) is 12.1. The third-order valence-electron chi connectivity index (χ3n) is 3.66. The topological polar surface area (TPSA) is 61.8 Å². The van der Waals surface area contributed by atoms with Crippen LogP contribution in [-0.2, 0) is 19.1 Å². The maximum Gasteiger partial charge on any atom is 0.497 e. The highest BCUT2D eigenvalue weighted by molar-refractivity contribution is 7.90. The first-order valence-corrected chi connectivity index (χ1v) is 9.13. The molecule has 1 saturated carbocycles. The van der Waals surface area contributed by atoms with Gasteiger partial charge in [-0.3, -0.25) is 0 Å². The predicted molar refractivity (Wildman–Crippen MR) is 79.7 cm³/mol. The molecule has 1 aromatic carbocycles. The van der Waals surface area contributed by atoms with Gasteiger partial charge in [0, 0.05) is 24.9 Å². The summed E-state index contributed by atoms with van der Waals surface area (Å²) in [6.45, 7) is 1.88. The molecule has 1 heterocycles. The standard InChI is InChI=1S/C14H19BO5S/c1-21(16,17)12-5-6-14(18-10-11-3-4-11)13(9-12)15-19-7-2-8-20-15/h5-6,9,11H,2-4,7-8,10H2,1H3. The molecule has 0 aromatic heterocycles. The van der Waals surface area contributed by atoms with Gasteiger partial charge in [-0.25, -0.2) is 8.42 Å². The Morgan fingerprint density at radius 3 is 2.62 bits per heavy atom. The quantitative estimate of drug-likeness (QED) is 0.760. The molecule has 0 atom stereocenters. The first-order valence-electron chi connectivity index (χ1n) is 7.24. The lowest BCUT2D eigenvalue weighted by atomic mass is 9.77. The van der Waals surface area contributed by atoms with Crippen molar-refractivity contribution in [3.63, 3.8) is 0 Å². The lowest BCUT2D eigenvalue weighted by Crippen LogP contribution is -2.42. The summed E-state index contributed by atoms with van der Waals surface area (Å²) < 4.78 is 40.5. The first kappa shape index (κ1) is 14.9. The second-order valence-electron chi connectivity index (χ2n) is 5.65. The summed E-state index contributed by atoms with van der Waals surface area (Å²) in [5.41, 5.74) is 0.665. The van der Waals surface area contributed by atoms with Crippen LogP contribution in [0.4, 0.5) is 0 Å². The Hall–Kier alpha value is -1.05. The van der Waals surface area contributed by atoms with Gasteiger partial charge < -0.3 is 14.0 Å². The van der Waals surface area contributed by atoms with Gasteiger partial charge in [-0.1, -0.05) is 0 Å². The van der Waals surface area contributed by atoms with Gasteiger partial charge in [0.15, 0.2) is 9.84 Å². The van der Waals surface area contributed by atoms with E-state index >= 15 is 0 Å². The van der Waals surface area contributed by atoms with Crippen LogP contribution in [0.25, 0.3) is 0 Å². The van der Waals surface area contributed by atoms with E-state index in [4.69, 9.17) is 14.0 Å². The van der Waals surface area contributed by atoms with Crippen LogP contribution in [0.3, 0.4) is 0 Å². The maximum absolute atomic E-state index is 11.7. The van der Waals surface area contributed by atoms with Gasteiger partial charge in [0.05, 0.1) is 11.5 Å². The summed E-state index contributed by atoms with van der Waals surface area (Å²) >= 11 is 0. The average molecular weight is 310 g/mol. The van der Waals surface area contributed by atoms with Gasteiger partial charge >= 0.3 is 7.12 Å². The molecule has 0 N–H and O–H groups in total. The Balaban J connectivity index is 1.89. The fraction of sp³-hybridized carbons (Fsp3) is 0.571. The van der Waals surface area contributed by atoms with Crippen LogP contribution < -0.4 is 10.2 Å².